The maximum atomic E-state index is 12.3. The van der Waals surface area contributed by atoms with Gasteiger partial charge in [-0.2, -0.15) is 5.26 Å². The summed E-state index contributed by atoms with van der Waals surface area (Å²) in [5, 5.41) is 15.0. The molecule has 0 aliphatic heterocycles. The van der Waals surface area contributed by atoms with Gasteiger partial charge in [0.05, 0.1) is 0 Å². The van der Waals surface area contributed by atoms with Gasteiger partial charge in [0.2, 0.25) is 0 Å². The Bertz CT molecular complexity index is 1140. The van der Waals surface area contributed by atoms with E-state index < -0.39 is 5.91 Å². The van der Waals surface area contributed by atoms with Crippen molar-refractivity contribution in [1.82, 2.24) is 10.6 Å². The molecule has 0 saturated carbocycles. The highest BCUT2D eigenvalue weighted by molar-refractivity contribution is 6.01. The van der Waals surface area contributed by atoms with E-state index >= 15 is 0 Å². The molecule has 3 aromatic rings. The smallest absolute Gasteiger partial charge is 0.261 e. The van der Waals surface area contributed by atoms with E-state index in [2.05, 4.69) is 10.6 Å². The van der Waals surface area contributed by atoms with Crippen LogP contribution in [0.1, 0.15) is 16.7 Å². The Labute approximate surface area is 199 Å². The van der Waals surface area contributed by atoms with E-state index in [9.17, 15) is 14.9 Å². The third kappa shape index (κ3) is 8.29. The highest BCUT2D eigenvalue weighted by Gasteiger charge is 2.09. The second-order valence-corrected chi connectivity index (χ2v) is 7.60. The maximum Gasteiger partial charge on any atom is 0.261 e. The van der Waals surface area contributed by atoms with Crippen LogP contribution in [-0.2, 0) is 22.4 Å². The standard InChI is InChI=1S/C28H27N3O3/c29-20-25(28(33)31-18-16-23-9-5-2-6-10-23)19-24-11-13-26(14-12-24)34-21-27(32)30-17-15-22-7-3-1-4-8-22/h1-14,19H,15-18,21H2,(H,30,32)(H,31,33)/b25-19+. The van der Waals surface area contributed by atoms with E-state index in [0.29, 0.717) is 30.8 Å². The molecule has 0 saturated heterocycles. The van der Waals surface area contributed by atoms with Gasteiger partial charge in [-0.05, 0) is 47.7 Å². The molecule has 0 aromatic heterocycles. The molecule has 0 heterocycles. The molecule has 3 rings (SSSR count). The molecule has 2 N–H and O–H groups in total. The van der Waals surface area contributed by atoms with Crippen LogP contribution < -0.4 is 15.4 Å². The van der Waals surface area contributed by atoms with Crippen molar-refractivity contribution < 1.29 is 14.3 Å². The molecule has 6 nitrogen and oxygen atoms in total. The lowest BCUT2D eigenvalue weighted by atomic mass is 10.1. The first-order valence-electron chi connectivity index (χ1n) is 11.1. The number of carbonyl (C=O) groups excluding carboxylic acids is 2. The van der Waals surface area contributed by atoms with Crippen LogP contribution in [0, 0.1) is 11.3 Å². The van der Waals surface area contributed by atoms with Crippen LogP contribution in [0.5, 0.6) is 5.75 Å². The minimum absolute atomic E-state index is 0.0273. The number of rotatable bonds is 11. The zero-order valence-corrected chi connectivity index (χ0v) is 18.9. The lowest BCUT2D eigenvalue weighted by molar-refractivity contribution is -0.123. The van der Waals surface area contributed by atoms with Gasteiger partial charge in [-0.1, -0.05) is 72.8 Å². The number of hydrogen-bond donors (Lipinski definition) is 2. The van der Waals surface area contributed by atoms with Crippen molar-refractivity contribution in [3.63, 3.8) is 0 Å². The lowest BCUT2D eigenvalue weighted by Gasteiger charge is -2.08. The number of hydrogen-bond acceptors (Lipinski definition) is 4. The largest absolute Gasteiger partial charge is 0.484 e. The van der Waals surface area contributed by atoms with Crippen molar-refractivity contribution in [3.05, 3.63) is 107 Å². The summed E-state index contributed by atoms with van der Waals surface area (Å²) in [6.07, 6.45) is 2.98. The molecule has 0 spiro atoms. The molecular weight excluding hydrogens is 426 g/mol. The zero-order chi connectivity index (χ0) is 24.0. The Balaban J connectivity index is 1.42. The molecule has 172 valence electrons. The van der Waals surface area contributed by atoms with E-state index in [-0.39, 0.29) is 18.1 Å². The average Bonchev–Trinajstić information content (AvgIpc) is 2.88. The van der Waals surface area contributed by atoms with E-state index in [1.807, 2.05) is 66.7 Å². The average molecular weight is 454 g/mol. The maximum absolute atomic E-state index is 12.3. The fourth-order valence-electron chi connectivity index (χ4n) is 3.23. The van der Waals surface area contributed by atoms with Crippen molar-refractivity contribution in [1.29, 1.82) is 5.26 Å². The molecule has 0 aliphatic rings. The summed E-state index contributed by atoms with van der Waals surface area (Å²) in [6, 6.07) is 28.6. The summed E-state index contributed by atoms with van der Waals surface area (Å²) in [6.45, 7) is 0.902. The van der Waals surface area contributed by atoms with Gasteiger partial charge in [0.25, 0.3) is 11.8 Å². The van der Waals surface area contributed by atoms with E-state index in [0.717, 1.165) is 17.5 Å². The number of benzene rings is 3. The minimum atomic E-state index is -0.411. The SMILES string of the molecule is N#C/C(=C\c1ccc(OCC(=O)NCCc2ccccc2)cc1)C(=O)NCCc1ccccc1. The van der Waals surface area contributed by atoms with Gasteiger partial charge in [0.1, 0.15) is 17.4 Å². The quantitative estimate of drug-likeness (QED) is 0.342. The summed E-state index contributed by atoms with van der Waals surface area (Å²) in [7, 11) is 0. The van der Waals surface area contributed by atoms with Gasteiger partial charge in [0, 0.05) is 13.1 Å². The molecule has 3 aromatic carbocycles. The monoisotopic (exact) mass is 453 g/mol. The zero-order valence-electron chi connectivity index (χ0n) is 18.9. The van der Waals surface area contributed by atoms with Gasteiger partial charge >= 0.3 is 0 Å². The molecule has 0 aliphatic carbocycles. The molecule has 34 heavy (non-hydrogen) atoms. The van der Waals surface area contributed by atoms with Crippen molar-refractivity contribution in [2.45, 2.75) is 12.8 Å². The van der Waals surface area contributed by atoms with Crippen LogP contribution in [0.25, 0.3) is 6.08 Å². The molecule has 0 radical (unpaired) electrons. The van der Waals surface area contributed by atoms with Crippen molar-refractivity contribution >= 4 is 17.9 Å². The number of ether oxygens (including phenoxy) is 1. The van der Waals surface area contributed by atoms with Crippen LogP contribution in [0.3, 0.4) is 0 Å². The number of carbonyl (C=O) groups is 2. The number of nitrogens with one attached hydrogen (secondary N) is 2. The summed E-state index contributed by atoms with van der Waals surface area (Å²) >= 11 is 0. The fraction of sp³-hybridized carbons (Fsp3) is 0.179. The molecular formula is C28H27N3O3. The Kier molecular flexibility index (Phi) is 9.45. The van der Waals surface area contributed by atoms with Crippen LogP contribution in [-0.4, -0.2) is 31.5 Å². The van der Waals surface area contributed by atoms with Crippen molar-refractivity contribution in [3.8, 4) is 11.8 Å². The Hall–Kier alpha value is -4.37. The normalized spacial score (nSPS) is 10.7. The first-order chi connectivity index (χ1) is 16.6. The van der Waals surface area contributed by atoms with Crippen LogP contribution >= 0.6 is 0 Å². The molecule has 0 atom stereocenters. The summed E-state index contributed by atoms with van der Waals surface area (Å²) < 4.78 is 5.52. The first-order valence-corrected chi connectivity index (χ1v) is 11.1. The van der Waals surface area contributed by atoms with Crippen LogP contribution in [0.15, 0.2) is 90.5 Å². The molecule has 0 unspecified atom stereocenters. The van der Waals surface area contributed by atoms with Gasteiger partial charge < -0.3 is 15.4 Å². The molecule has 2 amide bonds. The van der Waals surface area contributed by atoms with Gasteiger partial charge in [0.15, 0.2) is 6.61 Å². The van der Waals surface area contributed by atoms with Gasteiger partial charge in [-0.15, -0.1) is 0 Å². The predicted molar refractivity (Wildman–Crippen MR) is 132 cm³/mol. The first kappa shape index (κ1) is 24.3. The van der Waals surface area contributed by atoms with Crippen molar-refractivity contribution in [2.24, 2.45) is 0 Å². The second kappa shape index (κ2) is 13.2. The number of amides is 2. The third-order valence-corrected chi connectivity index (χ3v) is 5.05. The summed E-state index contributed by atoms with van der Waals surface area (Å²) in [5.74, 6) is -0.0778. The Morgan fingerprint density at radius 1 is 0.794 bits per heavy atom. The molecule has 6 heteroatoms. The summed E-state index contributed by atoms with van der Waals surface area (Å²) in [5.41, 5.74) is 2.99. The third-order valence-electron chi connectivity index (χ3n) is 5.05. The second-order valence-electron chi connectivity index (χ2n) is 7.60. The minimum Gasteiger partial charge on any atom is -0.484 e. The number of nitrogens with zero attached hydrogens (tertiary/aromatic N) is 1. The van der Waals surface area contributed by atoms with Crippen molar-refractivity contribution in [2.75, 3.05) is 19.7 Å². The summed E-state index contributed by atoms with van der Waals surface area (Å²) in [4.78, 5) is 24.3. The lowest BCUT2D eigenvalue weighted by Crippen LogP contribution is -2.30. The Morgan fingerprint density at radius 3 is 1.91 bits per heavy atom. The fourth-order valence-corrected chi connectivity index (χ4v) is 3.23. The highest BCUT2D eigenvalue weighted by atomic mass is 16.5. The number of nitriles is 1. The predicted octanol–water partition coefficient (Wildman–Crippen LogP) is 3.69. The molecule has 0 bridgehead atoms. The van der Waals surface area contributed by atoms with Gasteiger partial charge in [-0.25, -0.2) is 0 Å². The van der Waals surface area contributed by atoms with E-state index in [1.54, 1.807) is 24.3 Å². The Morgan fingerprint density at radius 2 is 1.35 bits per heavy atom. The van der Waals surface area contributed by atoms with Crippen LogP contribution in [0.2, 0.25) is 0 Å². The topological polar surface area (TPSA) is 91.2 Å². The van der Waals surface area contributed by atoms with Crippen LogP contribution in [0.4, 0.5) is 0 Å². The van der Waals surface area contributed by atoms with E-state index in [4.69, 9.17) is 4.74 Å². The molecule has 0 fully saturated rings. The van der Waals surface area contributed by atoms with Gasteiger partial charge in [-0.3, -0.25) is 9.59 Å². The highest BCUT2D eigenvalue weighted by Crippen LogP contribution is 2.14. The van der Waals surface area contributed by atoms with E-state index in [1.165, 1.54) is 6.08 Å².